The number of nitro groups is 1. The van der Waals surface area contributed by atoms with Crippen LogP contribution in [0.2, 0.25) is 0 Å². The highest BCUT2D eigenvalue weighted by molar-refractivity contribution is 8.18. The first-order chi connectivity index (χ1) is 14.8. The van der Waals surface area contributed by atoms with Crippen molar-refractivity contribution < 1.29 is 14.1 Å². The average Bonchev–Trinajstić information content (AvgIpc) is 3.32. The molecule has 0 atom stereocenters. The summed E-state index contributed by atoms with van der Waals surface area (Å²) in [6, 6.07) is 14.6. The van der Waals surface area contributed by atoms with Crippen LogP contribution in [-0.2, 0) is 4.79 Å². The van der Waals surface area contributed by atoms with Crippen LogP contribution >= 0.6 is 11.8 Å². The first kappa shape index (κ1) is 20.6. The number of aryl methyl sites for hydroxylation is 2. The number of thioether (sulfide) groups is 1. The van der Waals surface area contributed by atoms with E-state index in [1.54, 1.807) is 38.1 Å². The summed E-state index contributed by atoms with van der Waals surface area (Å²) in [6.07, 6.45) is 1.64. The third-order valence-electron chi connectivity index (χ3n) is 4.88. The van der Waals surface area contributed by atoms with Gasteiger partial charge in [0.2, 0.25) is 0 Å². The smallest absolute Gasteiger partial charge is 0.273 e. The van der Waals surface area contributed by atoms with E-state index in [1.807, 2.05) is 37.3 Å². The summed E-state index contributed by atoms with van der Waals surface area (Å²) in [6.45, 7) is 5.46. The first-order valence-corrected chi connectivity index (χ1v) is 10.3. The standard InChI is InChI=1S/C23H19N3O4S/c1-13-10-17(15(3)19(11-13)26(28)29)20-9-8-16(30-20)12-21-22(27)25-23(31-21)24-18-7-5-4-6-14(18)2/h4-12H,1-3H3,(H,24,25,27)/b21-12-. The van der Waals surface area contributed by atoms with E-state index in [9.17, 15) is 14.9 Å². The summed E-state index contributed by atoms with van der Waals surface area (Å²) >= 11 is 1.24. The zero-order valence-electron chi connectivity index (χ0n) is 17.1. The number of nitrogens with one attached hydrogen (secondary N) is 1. The number of para-hydroxylation sites is 1. The number of nitrogens with zero attached hydrogens (tertiary/aromatic N) is 2. The molecule has 8 heteroatoms. The summed E-state index contributed by atoms with van der Waals surface area (Å²) in [4.78, 5) is 28.3. The second-order valence-corrected chi connectivity index (χ2v) is 8.21. The van der Waals surface area contributed by atoms with Crippen LogP contribution in [0.3, 0.4) is 0 Å². The van der Waals surface area contributed by atoms with Crippen molar-refractivity contribution in [2.24, 2.45) is 4.99 Å². The maximum Gasteiger partial charge on any atom is 0.273 e. The highest BCUT2D eigenvalue weighted by Crippen LogP contribution is 2.34. The molecule has 1 aliphatic heterocycles. The molecule has 0 radical (unpaired) electrons. The molecule has 0 spiro atoms. The molecular weight excluding hydrogens is 414 g/mol. The van der Waals surface area contributed by atoms with Gasteiger partial charge < -0.3 is 9.73 Å². The Morgan fingerprint density at radius 1 is 1.13 bits per heavy atom. The van der Waals surface area contributed by atoms with Gasteiger partial charge in [0.1, 0.15) is 11.5 Å². The Bertz CT molecular complexity index is 1270. The number of hydrogen-bond acceptors (Lipinski definition) is 6. The van der Waals surface area contributed by atoms with Crippen molar-refractivity contribution in [1.29, 1.82) is 0 Å². The lowest BCUT2D eigenvalue weighted by Gasteiger charge is -2.05. The van der Waals surface area contributed by atoms with Crippen molar-refractivity contribution in [3.05, 3.63) is 86.0 Å². The lowest BCUT2D eigenvalue weighted by molar-refractivity contribution is -0.385. The van der Waals surface area contributed by atoms with Crippen molar-refractivity contribution in [3.8, 4) is 11.3 Å². The van der Waals surface area contributed by atoms with Gasteiger partial charge in [-0.25, -0.2) is 4.99 Å². The molecule has 0 aliphatic carbocycles. The molecule has 7 nitrogen and oxygen atoms in total. The van der Waals surface area contributed by atoms with Gasteiger partial charge in [-0.2, -0.15) is 0 Å². The minimum Gasteiger partial charge on any atom is -0.457 e. The summed E-state index contributed by atoms with van der Waals surface area (Å²) < 4.78 is 5.89. The molecule has 156 valence electrons. The van der Waals surface area contributed by atoms with Crippen LogP contribution in [0.15, 0.2) is 62.8 Å². The van der Waals surface area contributed by atoms with E-state index < -0.39 is 4.92 Å². The number of benzene rings is 2. The number of carbonyl (C=O) groups excluding carboxylic acids is 1. The summed E-state index contributed by atoms with van der Waals surface area (Å²) in [5, 5.41) is 14.6. The Labute approximate surface area is 183 Å². The quantitative estimate of drug-likeness (QED) is 0.325. The molecule has 3 aromatic rings. The summed E-state index contributed by atoms with van der Waals surface area (Å²) in [5.41, 5.74) is 3.82. The second kappa shape index (κ2) is 8.23. The fourth-order valence-electron chi connectivity index (χ4n) is 3.27. The van der Waals surface area contributed by atoms with Crippen molar-refractivity contribution in [2.45, 2.75) is 20.8 Å². The number of aliphatic imine (C=N–C) groups is 1. The molecule has 0 unspecified atom stereocenters. The van der Waals surface area contributed by atoms with Crippen LogP contribution in [0.4, 0.5) is 11.4 Å². The molecule has 31 heavy (non-hydrogen) atoms. The largest absolute Gasteiger partial charge is 0.457 e. The Kier molecular flexibility index (Phi) is 5.48. The van der Waals surface area contributed by atoms with Gasteiger partial charge in [-0.1, -0.05) is 18.2 Å². The van der Waals surface area contributed by atoms with E-state index in [-0.39, 0.29) is 11.6 Å². The number of amidine groups is 1. The number of hydrogen-bond donors (Lipinski definition) is 1. The highest BCUT2D eigenvalue weighted by atomic mass is 32.2. The zero-order valence-corrected chi connectivity index (χ0v) is 17.9. The van der Waals surface area contributed by atoms with Crippen molar-refractivity contribution in [2.75, 3.05) is 0 Å². The molecule has 2 heterocycles. The lowest BCUT2D eigenvalue weighted by Crippen LogP contribution is -2.19. The maximum atomic E-state index is 12.4. The van der Waals surface area contributed by atoms with Gasteiger partial charge in [0.05, 0.1) is 15.5 Å². The van der Waals surface area contributed by atoms with Gasteiger partial charge in [0, 0.05) is 23.3 Å². The molecule has 4 rings (SSSR count). The molecular formula is C23H19N3O4S. The molecule has 1 amide bonds. The average molecular weight is 433 g/mol. The highest BCUT2D eigenvalue weighted by Gasteiger charge is 2.25. The molecule has 1 N–H and O–H groups in total. The minimum atomic E-state index is -0.396. The van der Waals surface area contributed by atoms with Crippen LogP contribution in [0.5, 0.6) is 0 Å². The van der Waals surface area contributed by atoms with Crippen molar-refractivity contribution in [3.63, 3.8) is 0 Å². The van der Waals surface area contributed by atoms with E-state index >= 15 is 0 Å². The maximum absolute atomic E-state index is 12.4. The third-order valence-corrected chi connectivity index (χ3v) is 5.79. The van der Waals surface area contributed by atoms with Gasteiger partial charge in [-0.05, 0) is 67.9 Å². The van der Waals surface area contributed by atoms with Gasteiger partial charge in [0.15, 0.2) is 5.17 Å². The topological polar surface area (TPSA) is 97.7 Å². The number of carbonyl (C=O) groups is 1. The van der Waals surface area contributed by atoms with Gasteiger partial charge in [-0.15, -0.1) is 0 Å². The Hall–Kier alpha value is -3.65. The predicted molar refractivity (Wildman–Crippen MR) is 122 cm³/mol. The van der Waals surface area contributed by atoms with Crippen LogP contribution in [0.1, 0.15) is 22.5 Å². The monoisotopic (exact) mass is 433 g/mol. The zero-order chi connectivity index (χ0) is 22.1. The number of amides is 1. The van der Waals surface area contributed by atoms with Crippen LogP contribution in [0.25, 0.3) is 17.4 Å². The van der Waals surface area contributed by atoms with Crippen LogP contribution in [0, 0.1) is 30.9 Å². The van der Waals surface area contributed by atoms with E-state index in [1.165, 1.54) is 11.8 Å². The Balaban J connectivity index is 1.62. The van der Waals surface area contributed by atoms with Crippen molar-refractivity contribution >= 4 is 40.3 Å². The molecule has 1 saturated heterocycles. The van der Waals surface area contributed by atoms with Gasteiger partial charge >= 0.3 is 0 Å². The minimum absolute atomic E-state index is 0.0501. The molecule has 1 aromatic heterocycles. The Morgan fingerprint density at radius 2 is 1.90 bits per heavy atom. The van der Waals surface area contributed by atoms with Gasteiger partial charge in [0.25, 0.3) is 11.6 Å². The van der Waals surface area contributed by atoms with Crippen molar-refractivity contribution in [1.82, 2.24) is 5.32 Å². The third kappa shape index (κ3) is 4.29. The number of rotatable bonds is 4. The summed E-state index contributed by atoms with van der Waals surface area (Å²) in [7, 11) is 0. The normalized spacial score (nSPS) is 16.2. The fourth-order valence-corrected chi connectivity index (χ4v) is 4.08. The summed E-state index contributed by atoms with van der Waals surface area (Å²) in [5.74, 6) is 0.736. The van der Waals surface area contributed by atoms with Gasteiger partial charge in [-0.3, -0.25) is 14.9 Å². The molecule has 2 aromatic carbocycles. The van der Waals surface area contributed by atoms with Crippen LogP contribution in [-0.4, -0.2) is 16.0 Å². The molecule has 0 saturated carbocycles. The number of nitro benzene ring substituents is 1. The first-order valence-electron chi connectivity index (χ1n) is 9.53. The molecule has 1 fully saturated rings. The van der Waals surface area contributed by atoms with E-state index in [0.717, 1.165) is 16.8 Å². The predicted octanol–water partition coefficient (Wildman–Crippen LogP) is 5.67. The molecule has 0 bridgehead atoms. The van der Waals surface area contributed by atoms with E-state index in [2.05, 4.69) is 10.3 Å². The SMILES string of the molecule is Cc1cc(-c2ccc(/C=C3\SC(=Nc4ccccc4C)NC3=O)o2)c(C)c([N+](=O)[O-])c1. The van der Waals surface area contributed by atoms with E-state index in [4.69, 9.17) is 4.42 Å². The fraction of sp³-hybridized carbons (Fsp3) is 0.130. The van der Waals surface area contributed by atoms with Crippen LogP contribution < -0.4 is 5.32 Å². The van der Waals surface area contributed by atoms with E-state index in [0.29, 0.717) is 32.7 Å². The molecule has 1 aliphatic rings. The lowest BCUT2D eigenvalue weighted by atomic mass is 10.0. The Morgan fingerprint density at radius 3 is 2.65 bits per heavy atom. The number of furan rings is 1. The second-order valence-electron chi connectivity index (χ2n) is 7.18.